The van der Waals surface area contributed by atoms with Crippen LogP contribution in [-0.2, 0) is 10.0 Å². The maximum Gasteiger partial charge on any atom is 0.241 e. The minimum Gasteiger partial charge on any atom is -0.347 e. The second-order valence-corrected chi connectivity index (χ2v) is 6.46. The molecule has 1 aromatic carbocycles. The van der Waals surface area contributed by atoms with Gasteiger partial charge < -0.3 is 4.98 Å². The zero-order chi connectivity index (χ0) is 14.0. The van der Waals surface area contributed by atoms with Crippen LogP contribution in [0.4, 0.5) is 4.39 Å². The predicted octanol–water partition coefficient (Wildman–Crippen LogP) is 2.35. The van der Waals surface area contributed by atoms with Crippen LogP contribution in [0.15, 0.2) is 40.0 Å². The maximum absolute atomic E-state index is 13.4. The van der Waals surface area contributed by atoms with Gasteiger partial charge in [-0.2, -0.15) is 0 Å². The first-order chi connectivity index (χ1) is 8.90. The van der Waals surface area contributed by atoms with Gasteiger partial charge in [0.05, 0.1) is 15.4 Å². The zero-order valence-electron chi connectivity index (χ0n) is 9.89. The van der Waals surface area contributed by atoms with Crippen LogP contribution in [0.3, 0.4) is 0 Å². The van der Waals surface area contributed by atoms with Gasteiger partial charge in [-0.15, -0.1) is 0 Å². The van der Waals surface area contributed by atoms with E-state index >= 15 is 0 Å². The highest BCUT2D eigenvalue weighted by Crippen LogP contribution is 2.20. The van der Waals surface area contributed by atoms with Crippen LogP contribution in [0.5, 0.6) is 0 Å². The molecule has 8 heteroatoms. The molecule has 0 saturated carbocycles. The first-order valence-corrected chi connectivity index (χ1v) is 7.64. The van der Waals surface area contributed by atoms with Crippen molar-refractivity contribution in [1.29, 1.82) is 0 Å². The minimum absolute atomic E-state index is 0.133. The number of nitrogens with one attached hydrogen (secondary N) is 2. The number of hydrogen-bond acceptors (Lipinski definition) is 3. The molecule has 1 unspecified atom stereocenters. The summed E-state index contributed by atoms with van der Waals surface area (Å²) in [4.78, 5) is 6.64. The molecule has 0 aliphatic heterocycles. The van der Waals surface area contributed by atoms with Crippen LogP contribution >= 0.6 is 15.9 Å². The van der Waals surface area contributed by atoms with Gasteiger partial charge in [0.1, 0.15) is 11.6 Å². The molecular formula is C11H11BrFN3O2S. The van der Waals surface area contributed by atoms with Gasteiger partial charge in [0.2, 0.25) is 10.0 Å². The number of rotatable bonds is 4. The lowest BCUT2D eigenvalue weighted by Crippen LogP contribution is -2.27. The Kier molecular flexibility index (Phi) is 4.02. The third-order valence-electron chi connectivity index (χ3n) is 2.46. The van der Waals surface area contributed by atoms with E-state index < -0.39 is 21.9 Å². The molecule has 0 spiro atoms. The molecule has 0 radical (unpaired) electrons. The quantitative estimate of drug-likeness (QED) is 0.891. The van der Waals surface area contributed by atoms with Gasteiger partial charge in [0.15, 0.2) is 0 Å². The van der Waals surface area contributed by atoms with Crippen molar-refractivity contribution in [3.05, 3.63) is 46.7 Å². The molecule has 2 N–H and O–H groups in total. The van der Waals surface area contributed by atoms with Crippen molar-refractivity contribution in [2.24, 2.45) is 0 Å². The SMILES string of the molecule is CC(NS(=O)(=O)c1ccc(Br)c(F)c1)c1ncc[nH]1. The molecule has 0 bridgehead atoms. The molecule has 5 nitrogen and oxygen atoms in total. The minimum atomic E-state index is -3.80. The van der Waals surface area contributed by atoms with Crippen molar-refractivity contribution >= 4 is 26.0 Å². The topological polar surface area (TPSA) is 74.8 Å². The summed E-state index contributed by atoms with van der Waals surface area (Å²) in [5.74, 6) is -0.144. The Morgan fingerprint density at radius 1 is 1.47 bits per heavy atom. The average Bonchev–Trinajstić information content (AvgIpc) is 2.85. The Bertz CT molecular complexity index is 673. The Hall–Kier alpha value is -1.25. The smallest absolute Gasteiger partial charge is 0.241 e. The zero-order valence-corrected chi connectivity index (χ0v) is 12.3. The van der Waals surface area contributed by atoms with E-state index in [2.05, 4.69) is 30.6 Å². The lowest BCUT2D eigenvalue weighted by molar-refractivity contribution is 0.558. The lowest BCUT2D eigenvalue weighted by Gasteiger charge is -2.12. The van der Waals surface area contributed by atoms with Gasteiger partial charge in [-0.3, -0.25) is 0 Å². The Balaban J connectivity index is 2.25. The van der Waals surface area contributed by atoms with Gasteiger partial charge in [-0.1, -0.05) is 0 Å². The molecule has 102 valence electrons. The third kappa shape index (κ3) is 3.20. The van der Waals surface area contributed by atoms with Crippen molar-refractivity contribution in [3.8, 4) is 0 Å². The lowest BCUT2D eigenvalue weighted by atomic mass is 10.3. The normalized spacial score (nSPS) is 13.4. The van der Waals surface area contributed by atoms with Gasteiger partial charge in [-0.05, 0) is 41.1 Å². The molecular weight excluding hydrogens is 337 g/mol. The number of nitrogens with zero attached hydrogens (tertiary/aromatic N) is 1. The molecule has 1 heterocycles. The van der Waals surface area contributed by atoms with Crippen LogP contribution in [-0.4, -0.2) is 18.4 Å². The predicted molar refractivity (Wildman–Crippen MR) is 71.4 cm³/mol. The largest absolute Gasteiger partial charge is 0.347 e. The molecule has 2 rings (SSSR count). The summed E-state index contributed by atoms with van der Waals surface area (Å²) < 4.78 is 40.1. The average molecular weight is 348 g/mol. The van der Waals surface area contributed by atoms with Crippen molar-refractivity contribution in [2.45, 2.75) is 17.9 Å². The third-order valence-corrected chi connectivity index (χ3v) is 4.64. The summed E-state index contributed by atoms with van der Waals surface area (Å²) in [5.41, 5.74) is 0. The van der Waals surface area contributed by atoms with E-state index in [-0.39, 0.29) is 9.37 Å². The van der Waals surface area contributed by atoms with E-state index in [1.165, 1.54) is 18.3 Å². The van der Waals surface area contributed by atoms with Gasteiger partial charge in [-0.25, -0.2) is 22.5 Å². The molecule has 0 aliphatic carbocycles. The first kappa shape index (κ1) is 14.2. The van der Waals surface area contributed by atoms with Crippen LogP contribution in [0.2, 0.25) is 0 Å². The summed E-state index contributed by atoms with van der Waals surface area (Å²) in [6.07, 6.45) is 3.12. The van der Waals surface area contributed by atoms with Crippen LogP contribution in [0.25, 0.3) is 0 Å². The van der Waals surface area contributed by atoms with Gasteiger partial charge >= 0.3 is 0 Å². The number of halogens is 2. The Morgan fingerprint density at radius 2 is 2.21 bits per heavy atom. The molecule has 0 saturated heterocycles. The monoisotopic (exact) mass is 347 g/mol. The fourth-order valence-corrected chi connectivity index (χ4v) is 2.98. The van der Waals surface area contributed by atoms with Gasteiger partial charge in [0, 0.05) is 12.4 Å². The molecule has 0 fully saturated rings. The van der Waals surface area contributed by atoms with Crippen LogP contribution in [0, 0.1) is 5.82 Å². The van der Waals surface area contributed by atoms with Crippen molar-refractivity contribution < 1.29 is 12.8 Å². The molecule has 1 atom stereocenters. The second kappa shape index (κ2) is 5.40. The second-order valence-electron chi connectivity index (χ2n) is 3.89. The van der Waals surface area contributed by atoms with E-state index in [4.69, 9.17) is 0 Å². The summed E-state index contributed by atoms with van der Waals surface area (Å²) in [5, 5.41) is 0. The first-order valence-electron chi connectivity index (χ1n) is 5.37. The highest BCUT2D eigenvalue weighted by atomic mass is 79.9. The fraction of sp³-hybridized carbons (Fsp3) is 0.182. The van der Waals surface area contributed by atoms with Crippen molar-refractivity contribution in [1.82, 2.24) is 14.7 Å². The number of aromatic nitrogens is 2. The summed E-state index contributed by atoms with van der Waals surface area (Å²) in [6, 6.07) is 3.10. The van der Waals surface area contributed by atoms with Gasteiger partial charge in [0.25, 0.3) is 0 Å². The molecule has 2 aromatic rings. The van der Waals surface area contributed by atoms with E-state index in [9.17, 15) is 12.8 Å². The Labute approximate surface area is 118 Å². The van der Waals surface area contributed by atoms with E-state index in [1.54, 1.807) is 13.1 Å². The van der Waals surface area contributed by atoms with Crippen LogP contribution < -0.4 is 4.72 Å². The van der Waals surface area contributed by atoms with Crippen LogP contribution in [0.1, 0.15) is 18.8 Å². The molecule has 1 aromatic heterocycles. The number of sulfonamides is 1. The number of hydrogen-bond donors (Lipinski definition) is 2. The summed E-state index contributed by atoms with van der Waals surface area (Å²) in [6.45, 7) is 1.64. The maximum atomic E-state index is 13.4. The highest BCUT2D eigenvalue weighted by molar-refractivity contribution is 9.10. The molecule has 19 heavy (non-hydrogen) atoms. The Morgan fingerprint density at radius 3 is 2.79 bits per heavy atom. The summed E-state index contributed by atoms with van der Waals surface area (Å²) in [7, 11) is -3.80. The number of aromatic amines is 1. The number of H-pyrrole nitrogens is 1. The fourth-order valence-electron chi connectivity index (χ4n) is 1.51. The van der Waals surface area contributed by atoms with E-state index in [0.29, 0.717) is 5.82 Å². The number of benzene rings is 1. The number of imidazole rings is 1. The highest BCUT2D eigenvalue weighted by Gasteiger charge is 2.20. The molecule has 0 amide bonds. The van der Waals surface area contributed by atoms with Crippen molar-refractivity contribution in [3.63, 3.8) is 0 Å². The van der Waals surface area contributed by atoms with E-state index in [0.717, 1.165) is 6.07 Å². The standard InChI is InChI=1S/C11H11BrFN3O2S/c1-7(11-14-4-5-15-11)16-19(17,18)8-2-3-9(12)10(13)6-8/h2-7,16H,1H3,(H,14,15). The molecule has 0 aliphatic rings. The van der Waals surface area contributed by atoms with Crippen molar-refractivity contribution in [2.75, 3.05) is 0 Å². The summed E-state index contributed by atoms with van der Waals surface area (Å²) >= 11 is 2.97. The van der Waals surface area contributed by atoms with E-state index in [1.807, 2.05) is 0 Å².